The van der Waals surface area contributed by atoms with Crippen molar-refractivity contribution in [1.82, 2.24) is 10.6 Å². The Morgan fingerprint density at radius 3 is 1.89 bits per heavy atom. The third-order valence-electron chi connectivity index (χ3n) is 6.00. The van der Waals surface area contributed by atoms with Gasteiger partial charge in [-0.1, -0.05) is 78.9 Å². The van der Waals surface area contributed by atoms with Gasteiger partial charge in [0.05, 0.1) is 9.80 Å². The van der Waals surface area contributed by atoms with Crippen LogP contribution in [-0.4, -0.2) is 50.2 Å². The molecule has 0 aliphatic carbocycles. The van der Waals surface area contributed by atoms with Crippen LogP contribution >= 0.6 is 0 Å². The van der Waals surface area contributed by atoms with Crippen molar-refractivity contribution in [3.8, 4) is 0 Å². The number of nitrogens with one attached hydrogen (secondary N) is 2. The highest BCUT2D eigenvalue weighted by Gasteiger charge is 2.31. The third kappa shape index (κ3) is 6.46. The van der Waals surface area contributed by atoms with Crippen molar-refractivity contribution in [2.75, 3.05) is 6.61 Å². The van der Waals surface area contributed by atoms with Gasteiger partial charge in [-0.05, 0) is 28.8 Å². The number of carbonyl (C=O) groups is 3. The smallest absolute Gasteiger partial charge is 0.408 e. The van der Waals surface area contributed by atoms with Gasteiger partial charge >= 0.3 is 12.1 Å². The highest BCUT2D eigenvalue weighted by molar-refractivity contribution is 7.95. The van der Waals surface area contributed by atoms with Crippen LogP contribution in [0.1, 0.15) is 16.7 Å². The summed E-state index contributed by atoms with van der Waals surface area (Å²) in [6.45, 7) is -0.520. The van der Waals surface area contributed by atoms with Gasteiger partial charge in [0.25, 0.3) is 0 Å². The molecule has 3 N–H and O–H groups in total. The minimum atomic E-state index is -3.78. The molecule has 1 aliphatic heterocycles. The molecule has 196 valence electrons. The Hall–Kier alpha value is -4.44. The maximum atomic E-state index is 13.1. The maximum absolute atomic E-state index is 13.1. The number of amides is 2. The average molecular weight is 535 g/mol. The second kappa shape index (κ2) is 11.7. The average Bonchev–Trinajstić information content (AvgIpc) is 3.17. The Morgan fingerprint density at radius 1 is 0.763 bits per heavy atom. The van der Waals surface area contributed by atoms with E-state index in [0.717, 1.165) is 11.1 Å². The van der Waals surface area contributed by atoms with Gasteiger partial charge in [-0.25, -0.2) is 18.0 Å². The van der Waals surface area contributed by atoms with Crippen molar-refractivity contribution in [3.63, 3.8) is 0 Å². The number of benzene rings is 3. The van der Waals surface area contributed by atoms with E-state index in [0.29, 0.717) is 5.56 Å². The molecule has 1 heterocycles. The zero-order chi connectivity index (χ0) is 27.1. The van der Waals surface area contributed by atoms with Crippen LogP contribution in [0, 0.1) is 0 Å². The molecule has 0 unspecified atom stereocenters. The summed E-state index contributed by atoms with van der Waals surface area (Å²) in [6.07, 6.45) is 0.541. The number of hydrogen-bond donors (Lipinski definition) is 3. The molecule has 4 rings (SSSR count). The van der Waals surface area contributed by atoms with E-state index in [1.54, 1.807) is 78.9 Å². The number of sulfone groups is 1. The number of aliphatic carboxylic acids is 1. The van der Waals surface area contributed by atoms with E-state index >= 15 is 0 Å². The van der Waals surface area contributed by atoms with E-state index < -0.39 is 46.5 Å². The molecule has 0 radical (unpaired) electrons. The molecule has 3 aromatic carbocycles. The number of hydrogen-bond acceptors (Lipinski definition) is 6. The number of fused-ring (bicyclic) bond motifs is 1. The van der Waals surface area contributed by atoms with Crippen molar-refractivity contribution in [2.24, 2.45) is 0 Å². The Morgan fingerprint density at radius 2 is 1.32 bits per heavy atom. The second-order valence-electron chi connectivity index (χ2n) is 8.70. The first-order valence-electron chi connectivity index (χ1n) is 11.8. The molecule has 1 aliphatic rings. The van der Waals surface area contributed by atoms with Crippen LogP contribution in [0.5, 0.6) is 0 Å². The molecule has 0 bridgehead atoms. The molecular formula is C28H26N2O7S. The fraction of sp³-hybridized carbons (Fsp3) is 0.179. The zero-order valence-corrected chi connectivity index (χ0v) is 21.1. The van der Waals surface area contributed by atoms with Crippen molar-refractivity contribution < 1.29 is 32.6 Å². The number of ether oxygens (including phenoxy) is 1. The number of carboxylic acids is 1. The monoisotopic (exact) mass is 534 g/mol. The molecule has 10 heteroatoms. The van der Waals surface area contributed by atoms with Crippen LogP contribution < -0.4 is 10.6 Å². The summed E-state index contributed by atoms with van der Waals surface area (Å²) in [5.74, 6) is -1.93. The standard InChI is InChI=1S/C28H26N2O7S/c31-26(29-24(27(32)33)16-20-11-5-2-6-12-20)23(15-19-9-3-1-4-10-19)30-28(34)37-18-22-17-21-13-7-8-14-25(21)38(22,35)36/h1-14,17,23-24H,15-16,18H2,(H,29,31)(H,30,34)(H,32,33)/t23-,24-/m0/s1. The molecule has 0 saturated carbocycles. The van der Waals surface area contributed by atoms with Gasteiger partial charge in [0.2, 0.25) is 15.7 Å². The summed E-state index contributed by atoms with van der Waals surface area (Å²) < 4.78 is 30.6. The first-order valence-corrected chi connectivity index (χ1v) is 13.3. The van der Waals surface area contributed by atoms with Gasteiger partial charge < -0.3 is 20.5 Å². The van der Waals surface area contributed by atoms with Crippen LogP contribution in [0.2, 0.25) is 0 Å². The minimum absolute atomic E-state index is 0.0526. The van der Waals surface area contributed by atoms with Crippen LogP contribution in [0.3, 0.4) is 0 Å². The Labute approximate surface area is 220 Å². The van der Waals surface area contributed by atoms with E-state index in [1.165, 1.54) is 12.1 Å². The predicted molar refractivity (Wildman–Crippen MR) is 140 cm³/mol. The fourth-order valence-corrected chi connectivity index (χ4v) is 5.53. The Kier molecular flexibility index (Phi) is 8.22. The lowest BCUT2D eigenvalue weighted by Gasteiger charge is -2.21. The van der Waals surface area contributed by atoms with Crippen LogP contribution in [0.4, 0.5) is 4.79 Å². The number of carboxylic acid groups (broad SMARTS) is 1. The van der Waals surface area contributed by atoms with Gasteiger partial charge in [-0.2, -0.15) is 0 Å². The highest BCUT2D eigenvalue weighted by atomic mass is 32.2. The molecule has 3 aromatic rings. The molecule has 0 spiro atoms. The summed E-state index contributed by atoms with van der Waals surface area (Å²) in [6, 6.07) is 21.7. The van der Waals surface area contributed by atoms with Crippen molar-refractivity contribution in [1.29, 1.82) is 0 Å². The first-order chi connectivity index (χ1) is 18.2. The summed E-state index contributed by atoms with van der Waals surface area (Å²) in [4.78, 5) is 37.7. The Balaban J connectivity index is 1.44. The first kappa shape index (κ1) is 26.6. The highest BCUT2D eigenvalue weighted by Crippen LogP contribution is 2.32. The fourth-order valence-electron chi connectivity index (χ4n) is 4.06. The SMILES string of the molecule is O=C(N[C@@H](Cc1ccccc1)C(=O)N[C@@H](Cc1ccccc1)C(=O)O)OCC1=Cc2ccccc2S1(=O)=O. The molecule has 9 nitrogen and oxygen atoms in total. The molecule has 0 fully saturated rings. The summed E-state index contributed by atoms with van der Waals surface area (Å²) in [5.41, 5.74) is 1.95. The van der Waals surface area contributed by atoms with Crippen LogP contribution in [-0.2, 0) is 37.0 Å². The summed E-state index contributed by atoms with van der Waals surface area (Å²) in [5, 5.41) is 14.6. The molecular weight excluding hydrogens is 508 g/mol. The van der Waals surface area contributed by atoms with Crippen LogP contribution in [0.25, 0.3) is 6.08 Å². The van der Waals surface area contributed by atoms with Crippen molar-refractivity contribution in [2.45, 2.75) is 29.8 Å². The minimum Gasteiger partial charge on any atom is -0.480 e. The van der Waals surface area contributed by atoms with Gasteiger partial charge in [0.1, 0.15) is 18.7 Å². The van der Waals surface area contributed by atoms with Gasteiger partial charge in [0, 0.05) is 12.8 Å². The number of alkyl carbamates (subject to hydrolysis) is 1. The normalized spacial score (nSPS) is 14.9. The molecule has 2 amide bonds. The van der Waals surface area contributed by atoms with E-state index in [2.05, 4.69) is 10.6 Å². The van der Waals surface area contributed by atoms with E-state index in [-0.39, 0.29) is 22.6 Å². The second-order valence-corrected chi connectivity index (χ2v) is 10.7. The lowest BCUT2D eigenvalue weighted by Crippen LogP contribution is -2.53. The van der Waals surface area contributed by atoms with E-state index in [9.17, 15) is 27.9 Å². The van der Waals surface area contributed by atoms with Crippen molar-refractivity contribution in [3.05, 3.63) is 107 Å². The number of rotatable bonds is 10. The van der Waals surface area contributed by atoms with E-state index in [1.807, 2.05) is 0 Å². The largest absolute Gasteiger partial charge is 0.480 e. The zero-order valence-electron chi connectivity index (χ0n) is 20.2. The maximum Gasteiger partial charge on any atom is 0.408 e. The van der Waals surface area contributed by atoms with E-state index in [4.69, 9.17) is 4.74 Å². The predicted octanol–water partition coefficient (Wildman–Crippen LogP) is 2.96. The lowest BCUT2D eigenvalue weighted by molar-refractivity contribution is -0.142. The van der Waals surface area contributed by atoms with Gasteiger partial charge in [-0.15, -0.1) is 0 Å². The van der Waals surface area contributed by atoms with Crippen molar-refractivity contribution >= 4 is 33.9 Å². The molecule has 2 atom stereocenters. The van der Waals surface area contributed by atoms with Gasteiger partial charge in [-0.3, -0.25) is 4.79 Å². The summed E-state index contributed by atoms with van der Waals surface area (Å²) in [7, 11) is -3.78. The topological polar surface area (TPSA) is 139 Å². The lowest BCUT2D eigenvalue weighted by atomic mass is 10.0. The summed E-state index contributed by atoms with van der Waals surface area (Å²) >= 11 is 0. The Bertz CT molecular complexity index is 1450. The molecule has 0 aromatic heterocycles. The van der Waals surface area contributed by atoms with Gasteiger partial charge in [0.15, 0.2) is 0 Å². The molecule has 38 heavy (non-hydrogen) atoms. The quantitative estimate of drug-likeness (QED) is 0.363. The number of carbonyl (C=O) groups excluding carboxylic acids is 2. The third-order valence-corrected chi connectivity index (χ3v) is 7.88. The molecule has 0 saturated heterocycles. The van der Waals surface area contributed by atoms with Crippen LogP contribution in [0.15, 0.2) is 94.7 Å².